The third-order valence-corrected chi connectivity index (χ3v) is 4.35. The Kier molecular flexibility index (Phi) is 2.22. The molecule has 2 nitrogen and oxygen atoms in total. The van der Waals surface area contributed by atoms with E-state index in [2.05, 4.69) is 41.4 Å². The number of para-hydroxylation sites is 1. The monoisotopic (exact) mass is 253 g/mol. The van der Waals surface area contributed by atoms with Crippen molar-refractivity contribution in [3.63, 3.8) is 0 Å². The van der Waals surface area contributed by atoms with Crippen LogP contribution in [0.4, 0.5) is 0 Å². The third kappa shape index (κ3) is 1.55. The van der Waals surface area contributed by atoms with E-state index in [9.17, 15) is 0 Å². The van der Waals surface area contributed by atoms with Crippen molar-refractivity contribution in [2.24, 2.45) is 0 Å². The van der Waals surface area contributed by atoms with Gasteiger partial charge in [-0.2, -0.15) is 0 Å². The van der Waals surface area contributed by atoms with Crippen molar-refractivity contribution in [1.82, 2.24) is 4.98 Å². The minimum atomic E-state index is 0.730. The molecule has 1 aromatic heterocycles. The number of aromatic nitrogens is 1. The maximum atomic E-state index is 5.45. The van der Waals surface area contributed by atoms with Gasteiger partial charge in [-0.05, 0) is 29.3 Å². The van der Waals surface area contributed by atoms with Gasteiger partial charge in [0, 0.05) is 5.56 Å². The SMILES string of the molecule is c1ccc2sc(-c3ccc4c(c3)COC4)nc2c1. The lowest BCUT2D eigenvalue weighted by molar-refractivity contribution is 0.134. The maximum absolute atomic E-state index is 5.45. The number of fused-ring (bicyclic) bond motifs is 2. The molecule has 0 fully saturated rings. The smallest absolute Gasteiger partial charge is 0.124 e. The van der Waals surface area contributed by atoms with Crippen molar-refractivity contribution in [1.29, 1.82) is 0 Å². The average Bonchev–Trinajstić information content (AvgIpc) is 3.04. The maximum Gasteiger partial charge on any atom is 0.124 e. The Morgan fingerprint density at radius 2 is 1.89 bits per heavy atom. The summed E-state index contributed by atoms with van der Waals surface area (Å²) in [6.45, 7) is 1.48. The first-order valence-electron chi connectivity index (χ1n) is 5.96. The summed E-state index contributed by atoms with van der Waals surface area (Å²) < 4.78 is 6.69. The van der Waals surface area contributed by atoms with Gasteiger partial charge in [-0.15, -0.1) is 11.3 Å². The van der Waals surface area contributed by atoms with Gasteiger partial charge in [0.2, 0.25) is 0 Å². The van der Waals surface area contributed by atoms with E-state index in [-0.39, 0.29) is 0 Å². The number of nitrogens with zero attached hydrogens (tertiary/aromatic N) is 1. The van der Waals surface area contributed by atoms with Crippen LogP contribution in [-0.2, 0) is 18.0 Å². The second-order valence-electron chi connectivity index (χ2n) is 4.46. The van der Waals surface area contributed by atoms with Crippen LogP contribution in [0.25, 0.3) is 20.8 Å². The molecule has 3 aromatic rings. The molecule has 0 amide bonds. The zero-order chi connectivity index (χ0) is 11.9. The van der Waals surface area contributed by atoms with Crippen molar-refractivity contribution < 1.29 is 4.74 Å². The van der Waals surface area contributed by atoms with Crippen LogP contribution in [0.1, 0.15) is 11.1 Å². The highest BCUT2D eigenvalue weighted by Crippen LogP contribution is 2.32. The quantitative estimate of drug-likeness (QED) is 0.654. The highest BCUT2D eigenvalue weighted by Gasteiger charge is 2.13. The number of hydrogen-bond acceptors (Lipinski definition) is 3. The van der Waals surface area contributed by atoms with Crippen LogP contribution in [0.5, 0.6) is 0 Å². The first-order chi connectivity index (χ1) is 8.90. The van der Waals surface area contributed by atoms with Crippen molar-refractivity contribution in [2.45, 2.75) is 13.2 Å². The number of thiazole rings is 1. The van der Waals surface area contributed by atoms with Crippen LogP contribution in [-0.4, -0.2) is 4.98 Å². The minimum absolute atomic E-state index is 0.730. The van der Waals surface area contributed by atoms with Crippen molar-refractivity contribution >= 4 is 21.6 Å². The molecule has 0 bridgehead atoms. The molecule has 1 aliphatic heterocycles. The molecule has 18 heavy (non-hydrogen) atoms. The normalized spacial score (nSPS) is 14.0. The van der Waals surface area contributed by atoms with Crippen LogP contribution >= 0.6 is 11.3 Å². The molecular formula is C15H11NOS. The molecule has 2 aromatic carbocycles. The van der Waals surface area contributed by atoms with E-state index < -0.39 is 0 Å². The summed E-state index contributed by atoms with van der Waals surface area (Å²) in [6, 6.07) is 14.8. The van der Waals surface area contributed by atoms with Gasteiger partial charge in [0.15, 0.2) is 0 Å². The molecule has 0 spiro atoms. The molecule has 0 unspecified atom stereocenters. The number of hydrogen-bond donors (Lipinski definition) is 0. The van der Waals surface area contributed by atoms with E-state index in [1.807, 2.05) is 6.07 Å². The van der Waals surface area contributed by atoms with Crippen LogP contribution in [0, 0.1) is 0 Å². The number of ether oxygens (including phenoxy) is 1. The van der Waals surface area contributed by atoms with Gasteiger partial charge in [0.1, 0.15) is 5.01 Å². The zero-order valence-corrected chi connectivity index (χ0v) is 10.5. The molecule has 88 valence electrons. The molecule has 3 heteroatoms. The Hall–Kier alpha value is -1.71. The molecule has 0 radical (unpaired) electrons. The largest absolute Gasteiger partial charge is 0.372 e. The first kappa shape index (κ1) is 10.2. The number of rotatable bonds is 1. The van der Waals surface area contributed by atoms with Gasteiger partial charge in [-0.1, -0.05) is 24.3 Å². The molecule has 0 N–H and O–H groups in total. The molecule has 0 saturated carbocycles. The summed E-state index contributed by atoms with van der Waals surface area (Å²) >= 11 is 1.74. The lowest BCUT2D eigenvalue weighted by Crippen LogP contribution is -1.83. The van der Waals surface area contributed by atoms with Crippen molar-refractivity contribution in [2.75, 3.05) is 0 Å². The van der Waals surface area contributed by atoms with Gasteiger partial charge in [-0.3, -0.25) is 0 Å². The van der Waals surface area contributed by atoms with Crippen molar-refractivity contribution in [3.8, 4) is 10.6 Å². The van der Waals surface area contributed by atoms with E-state index >= 15 is 0 Å². The second-order valence-corrected chi connectivity index (χ2v) is 5.49. The zero-order valence-electron chi connectivity index (χ0n) is 9.72. The molecule has 2 heterocycles. The average molecular weight is 253 g/mol. The highest BCUT2D eigenvalue weighted by molar-refractivity contribution is 7.21. The lowest BCUT2D eigenvalue weighted by Gasteiger charge is -1.99. The van der Waals surface area contributed by atoms with Crippen LogP contribution in [0.2, 0.25) is 0 Å². The Labute approximate surface area is 109 Å². The Bertz CT molecular complexity index is 699. The number of benzene rings is 2. The topological polar surface area (TPSA) is 22.1 Å². The summed E-state index contributed by atoms with van der Waals surface area (Å²) in [6.07, 6.45) is 0. The Morgan fingerprint density at radius 3 is 2.83 bits per heavy atom. The molecule has 0 aliphatic carbocycles. The van der Waals surface area contributed by atoms with Gasteiger partial charge in [0.25, 0.3) is 0 Å². The lowest BCUT2D eigenvalue weighted by atomic mass is 10.1. The van der Waals surface area contributed by atoms with Crippen LogP contribution in [0.3, 0.4) is 0 Å². The van der Waals surface area contributed by atoms with Crippen LogP contribution in [0.15, 0.2) is 42.5 Å². The molecule has 0 saturated heterocycles. The second kappa shape index (κ2) is 3.90. The fourth-order valence-electron chi connectivity index (χ4n) is 2.30. The van der Waals surface area contributed by atoms with Gasteiger partial charge >= 0.3 is 0 Å². The van der Waals surface area contributed by atoms with E-state index in [1.165, 1.54) is 21.4 Å². The summed E-state index contributed by atoms with van der Waals surface area (Å²) in [7, 11) is 0. The van der Waals surface area contributed by atoms with Gasteiger partial charge < -0.3 is 4.74 Å². The fraction of sp³-hybridized carbons (Fsp3) is 0.133. The third-order valence-electron chi connectivity index (χ3n) is 3.26. The van der Waals surface area contributed by atoms with Gasteiger partial charge in [0.05, 0.1) is 23.4 Å². The molecule has 1 aliphatic rings. The molecule has 4 rings (SSSR count). The minimum Gasteiger partial charge on any atom is -0.372 e. The summed E-state index contributed by atoms with van der Waals surface area (Å²) in [5.41, 5.74) is 4.88. The standard InChI is InChI=1S/C15H11NOS/c1-2-4-14-13(3-1)16-15(18-14)10-5-6-11-8-17-9-12(11)7-10/h1-7H,8-9H2. The first-order valence-corrected chi connectivity index (χ1v) is 6.77. The van der Waals surface area contributed by atoms with E-state index in [0.29, 0.717) is 0 Å². The Morgan fingerprint density at radius 1 is 1.00 bits per heavy atom. The summed E-state index contributed by atoms with van der Waals surface area (Å²) in [4.78, 5) is 4.69. The predicted octanol–water partition coefficient (Wildman–Crippen LogP) is 3.99. The van der Waals surface area contributed by atoms with E-state index in [1.54, 1.807) is 11.3 Å². The Balaban J connectivity index is 1.86. The van der Waals surface area contributed by atoms with E-state index in [4.69, 9.17) is 4.74 Å². The molecular weight excluding hydrogens is 242 g/mol. The molecule has 0 atom stereocenters. The van der Waals surface area contributed by atoms with Crippen molar-refractivity contribution in [3.05, 3.63) is 53.6 Å². The van der Waals surface area contributed by atoms with Gasteiger partial charge in [-0.25, -0.2) is 4.98 Å². The summed E-state index contributed by atoms with van der Waals surface area (Å²) in [5, 5.41) is 1.09. The predicted molar refractivity (Wildman–Crippen MR) is 73.5 cm³/mol. The van der Waals surface area contributed by atoms with Crippen LogP contribution < -0.4 is 0 Å². The fourth-order valence-corrected chi connectivity index (χ4v) is 3.26. The van der Waals surface area contributed by atoms with E-state index in [0.717, 1.165) is 23.7 Å². The highest BCUT2D eigenvalue weighted by atomic mass is 32.1. The summed E-state index contributed by atoms with van der Waals surface area (Å²) in [5.74, 6) is 0.